The molecule has 0 aliphatic heterocycles. The normalized spacial score (nSPS) is 39.2. The zero-order valence-corrected chi connectivity index (χ0v) is 20.8. The van der Waals surface area contributed by atoms with Crippen LogP contribution in [0.25, 0.3) is 6.08 Å². The fourth-order valence-corrected chi connectivity index (χ4v) is 7.81. The summed E-state index contributed by atoms with van der Waals surface area (Å²) in [5.74, 6) is 1.76. The van der Waals surface area contributed by atoms with Gasteiger partial charge in [0.25, 0.3) is 0 Å². The maximum Gasteiger partial charge on any atom is 0.302 e. The second-order valence-electron chi connectivity index (χ2n) is 11.7. The monoisotopic (exact) mass is 450 g/mol. The van der Waals surface area contributed by atoms with E-state index in [1.54, 1.807) is 0 Å². The Labute approximate surface area is 197 Å². The molecule has 5 nitrogen and oxygen atoms in total. The number of nitrogens with zero attached hydrogens (tertiary/aromatic N) is 2. The Morgan fingerprint density at radius 3 is 2.67 bits per heavy atom. The number of hydrogen-bond donors (Lipinski definition) is 0. The number of rotatable bonds is 3. The minimum Gasteiger partial charge on any atom is -0.462 e. The summed E-state index contributed by atoms with van der Waals surface area (Å²) in [6, 6.07) is 2.29. The first kappa shape index (κ1) is 22.6. The highest BCUT2D eigenvalue weighted by molar-refractivity contribution is 6.05. The molecule has 1 heterocycles. The van der Waals surface area contributed by atoms with E-state index in [1.165, 1.54) is 12.5 Å². The zero-order valence-electron chi connectivity index (χ0n) is 20.8. The van der Waals surface area contributed by atoms with Crippen molar-refractivity contribution in [1.82, 2.24) is 9.78 Å². The van der Waals surface area contributed by atoms with Crippen molar-refractivity contribution in [3.8, 4) is 0 Å². The lowest BCUT2D eigenvalue weighted by Gasteiger charge is -2.56. The number of carbonyl (C=O) groups excluding carboxylic acids is 2. The van der Waals surface area contributed by atoms with Gasteiger partial charge >= 0.3 is 5.97 Å². The number of allylic oxidation sites excluding steroid dienone is 2. The van der Waals surface area contributed by atoms with Gasteiger partial charge in [0.05, 0.1) is 5.69 Å². The van der Waals surface area contributed by atoms with Gasteiger partial charge in [0.15, 0.2) is 5.78 Å². The third kappa shape index (κ3) is 3.54. The Hall–Kier alpha value is -2.17. The van der Waals surface area contributed by atoms with E-state index in [0.717, 1.165) is 56.2 Å². The van der Waals surface area contributed by atoms with Gasteiger partial charge in [-0.3, -0.25) is 14.3 Å². The number of hydrogen-bond acceptors (Lipinski definition) is 4. The second-order valence-corrected chi connectivity index (χ2v) is 11.7. The first-order valence-corrected chi connectivity index (χ1v) is 12.8. The van der Waals surface area contributed by atoms with Gasteiger partial charge in [-0.1, -0.05) is 25.5 Å². The molecule has 0 unspecified atom stereocenters. The summed E-state index contributed by atoms with van der Waals surface area (Å²) in [4.78, 5) is 25.2. The van der Waals surface area contributed by atoms with Crippen molar-refractivity contribution in [2.75, 3.05) is 0 Å². The van der Waals surface area contributed by atoms with Crippen LogP contribution in [0.4, 0.5) is 0 Å². The van der Waals surface area contributed by atoms with Gasteiger partial charge in [0.2, 0.25) is 0 Å². The van der Waals surface area contributed by atoms with Crippen molar-refractivity contribution in [1.29, 1.82) is 0 Å². The third-order valence-electron chi connectivity index (χ3n) is 9.54. The first-order chi connectivity index (χ1) is 15.6. The number of aromatic nitrogens is 2. The molecular formula is C28H38N2O3. The number of fused-ring (bicyclic) bond motifs is 5. The number of carbonyl (C=O) groups is 2. The van der Waals surface area contributed by atoms with Crippen LogP contribution in [0.1, 0.15) is 91.3 Å². The first-order valence-electron chi connectivity index (χ1n) is 12.8. The number of ether oxygens (including phenoxy) is 1. The molecule has 5 heteroatoms. The lowest BCUT2D eigenvalue weighted by Crippen LogP contribution is -2.50. The van der Waals surface area contributed by atoms with Gasteiger partial charge in [0.1, 0.15) is 6.10 Å². The van der Waals surface area contributed by atoms with E-state index in [0.29, 0.717) is 23.5 Å². The maximum absolute atomic E-state index is 13.7. The molecule has 5 rings (SSSR count). The molecule has 3 fully saturated rings. The van der Waals surface area contributed by atoms with Crippen LogP contribution in [-0.4, -0.2) is 27.6 Å². The SMILES string of the molecule is CC(=O)O[C@H]1CC[C@@]2(C)C(=CC[C@@H]3[C@@H]2CC[C@]2(C)C(=O)/C(=C/c4ccnn4C(C)C)C[C@@H]32)C1. The summed E-state index contributed by atoms with van der Waals surface area (Å²) in [5, 5.41) is 4.46. The van der Waals surface area contributed by atoms with E-state index in [2.05, 4.69) is 44.9 Å². The smallest absolute Gasteiger partial charge is 0.302 e. The van der Waals surface area contributed by atoms with E-state index in [9.17, 15) is 9.59 Å². The average Bonchev–Trinajstić information content (AvgIpc) is 3.32. The van der Waals surface area contributed by atoms with Gasteiger partial charge in [-0.05, 0) is 93.3 Å². The average molecular weight is 451 g/mol. The molecule has 0 saturated heterocycles. The molecule has 4 aliphatic rings. The fourth-order valence-electron chi connectivity index (χ4n) is 7.81. The Kier molecular flexibility index (Phi) is 5.45. The summed E-state index contributed by atoms with van der Waals surface area (Å²) in [6.45, 7) is 10.4. The Bertz CT molecular complexity index is 1030. The van der Waals surface area contributed by atoms with Crippen molar-refractivity contribution in [3.63, 3.8) is 0 Å². The summed E-state index contributed by atoms with van der Waals surface area (Å²) in [7, 11) is 0. The molecule has 0 aromatic carbocycles. The van der Waals surface area contributed by atoms with Crippen LogP contribution in [0.15, 0.2) is 29.5 Å². The van der Waals surface area contributed by atoms with Crippen molar-refractivity contribution < 1.29 is 14.3 Å². The van der Waals surface area contributed by atoms with Crippen LogP contribution in [-0.2, 0) is 14.3 Å². The topological polar surface area (TPSA) is 61.2 Å². The lowest BCUT2D eigenvalue weighted by atomic mass is 9.48. The zero-order chi connectivity index (χ0) is 23.5. The highest BCUT2D eigenvalue weighted by Crippen LogP contribution is 2.64. The van der Waals surface area contributed by atoms with Gasteiger partial charge in [-0.15, -0.1) is 0 Å². The molecule has 0 spiro atoms. The Morgan fingerprint density at radius 1 is 1.18 bits per heavy atom. The van der Waals surface area contributed by atoms with Crippen molar-refractivity contribution in [2.45, 2.75) is 91.7 Å². The molecule has 3 saturated carbocycles. The van der Waals surface area contributed by atoms with Crippen LogP contribution in [0.3, 0.4) is 0 Å². The predicted molar refractivity (Wildman–Crippen MR) is 128 cm³/mol. The fraction of sp³-hybridized carbons (Fsp3) is 0.679. The number of Topliss-reactive ketones (excluding diaryl/α,β-unsaturated/α-hetero) is 1. The van der Waals surface area contributed by atoms with Crippen LogP contribution >= 0.6 is 0 Å². The van der Waals surface area contributed by atoms with Gasteiger partial charge in [-0.2, -0.15) is 5.10 Å². The van der Waals surface area contributed by atoms with Crippen LogP contribution in [0, 0.1) is 28.6 Å². The summed E-state index contributed by atoms with van der Waals surface area (Å²) < 4.78 is 7.58. The van der Waals surface area contributed by atoms with Gasteiger partial charge < -0.3 is 4.74 Å². The molecule has 0 amide bonds. The maximum atomic E-state index is 13.7. The quantitative estimate of drug-likeness (QED) is 0.326. The van der Waals surface area contributed by atoms with Crippen LogP contribution < -0.4 is 0 Å². The van der Waals surface area contributed by atoms with Crippen LogP contribution in [0.2, 0.25) is 0 Å². The molecule has 178 valence electrons. The Morgan fingerprint density at radius 2 is 1.94 bits per heavy atom. The minimum absolute atomic E-state index is 0.0284. The summed E-state index contributed by atoms with van der Waals surface area (Å²) >= 11 is 0. The second kappa shape index (κ2) is 7.95. The molecule has 0 radical (unpaired) electrons. The summed E-state index contributed by atoms with van der Waals surface area (Å²) in [5.41, 5.74) is 3.45. The molecule has 33 heavy (non-hydrogen) atoms. The molecule has 0 bridgehead atoms. The van der Waals surface area contributed by atoms with E-state index < -0.39 is 0 Å². The van der Waals surface area contributed by atoms with Crippen molar-refractivity contribution >= 4 is 17.8 Å². The van der Waals surface area contributed by atoms with Crippen molar-refractivity contribution in [2.24, 2.45) is 28.6 Å². The summed E-state index contributed by atoms with van der Waals surface area (Å²) in [6.07, 6.45) is 13.4. The third-order valence-corrected chi connectivity index (χ3v) is 9.54. The number of esters is 1. The molecule has 1 aromatic heterocycles. The van der Waals surface area contributed by atoms with E-state index >= 15 is 0 Å². The van der Waals surface area contributed by atoms with Crippen LogP contribution in [0.5, 0.6) is 0 Å². The van der Waals surface area contributed by atoms with E-state index in [4.69, 9.17) is 4.74 Å². The highest BCUT2D eigenvalue weighted by atomic mass is 16.5. The molecule has 0 N–H and O–H groups in total. The molecule has 4 aliphatic carbocycles. The van der Waals surface area contributed by atoms with E-state index in [1.807, 2.05) is 16.9 Å². The van der Waals surface area contributed by atoms with E-state index in [-0.39, 0.29) is 28.9 Å². The largest absolute Gasteiger partial charge is 0.462 e. The Balaban J connectivity index is 1.43. The standard InChI is InChI=1S/C28H38N2O3/c1-17(2)30-21(10-13-29-30)14-19-15-25-23-7-6-20-16-22(33-18(3)31)8-11-27(20,4)24(23)9-12-28(25,5)26(19)32/h6,10,13-14,17,22-25H,7-9,11-12,15-16H2,1-5H3/b19-14+/t22-,23+,24-,25-,27-,28-/m0/s1. The highest BCUT2D eigenvalue weighted by Gasteiger charge is 2.60. The lowest BCUT2D eigenvalue weighted by molar-refractivity contribution is -0.148. The predicted octanol–water partition coefficient (Wildman–Crippen LogP) is 5.92. The number of ketones is 1. The van der Waals surface area contributed by atoms with Gasteiger partial charge in [0, 0.05) is 31.0 Å². The van der Waals surface area contributed by atoms with Crippen molar-refractivity contribution in [3.05, 3.63) is 35.2 Å². The molecule has 6 atom stereocenters. The molecular weight excluding hydrogens is 412 g/mol. The molecule has 1 aromatic rings. The minimum atomic E-state index is -0.244. The van der Waals surface area contributed by atoms with Gasteiger partial charge in [-0.25, -0.2) is 0 Å².